The number of hydrogen-bond donors (Lipinski definition) is 0. The lowest BCUT2D eigenvalue weighted by atomic mass is 9.43. The maximum Gasteiger partial charge on any atom is 0.188 e. The number of aromatic nitrogens is 2. The summed E-state index contributed by atoms with van der Waals surface area (Å²) in [5, 5.41) is 4.35. The monoisotopic (exact) mass is 350 g/mol. The van der Waals surface area contributed by atoms with Crippen LogP contribution in [0.2, 0.25) is 0 Å². The predicted octanol–water partition coefficient (Wildman–Crippen LogP) is 4.45. The first-order chi connectivity index (χ1) is 9.95. The third kappa shape index (κ3) is 1.97. The number of carbonyl (C=O) groups excluding carboxylic acids is 1. The van der Waals surface area contributed by atoms with Gasteiger partial charge in [-0.15, -0.1) is 0 Å². The van der Waals surface area contributed by atoms with E-state index < -0.39 is 0 Å². The molecule has 0 aliphatic heterocycles. The van der Waals surface area contributed by atoms with Gasteiger partial charge in [-0.05, 0) is 78.6 Å². The van der Waals surface area contributed by atoms with E-state index in [1.54, 1.807) is 6.20 Å². The summed E-state index contributed by atoms with van der Waals surface area (Å²) < 4.78 is 2.74. The average molecular weight is 351 g/mol. The molecular weight excluding hydrogens is 328 g/mol. The molecule has 0 N–H and O–H groups in total. The predicted molar refractivity (Wildman–Crippen MR) is 85.2 cm³/mol. The van der Waals surface area contributed by atoms with Crippen molar-refractivity contribution in [2.45, 2.75) is 58.9 Å². The van der Waals surface area contributed by atoms with Crippen LogP contribution < -0.4 is 0 Å². The maximum atomic E-state index is 13.4. The molecule has 1 heterocycles. The van der Waals surface area contributed by atoms with E-state index in [9.17, 15) is 4.79 Å². The summed E-state index contributed by atoms with van der Waals surface area (Å²) in [5.41, 5.74) is 1.11. The largest absolute Gasteiger partial charge is 0.292 e. The van der Waals surface area contributed by atoms with Crippen molar-refractivity contribution < 1.29 is 4.79 Å². The zero-order valence-electron chi connectivity index (χ0n) is 12.9. The van der Waals surface area contributed by atoms with E-state index in [0.717, 1.165) is 47.8 Å². The van der Waals surface area contributed by atoms with Crippen molar-refractivity contribution in [3.05, 3.63) is 16.4 Å². The van der Waals surface area contributed by atoms with Gasteiger partial charge in [0.25, 0.3) is 0 Å². The second kappa shape index (κ2) is 4.43. The second-order valence-electron chi connectivity index (χ2n) is 8.04. The molecule has 3 nitrogen and oxygen atoms in total. The molecule has 0 spiro atoms. The van der Waals surface area contributed by atoms with E-state index in [4.69, 9.17) is 0 Å². The maximum absolute atomic E-state index is 13.4. The van der Waals surface area contributed by atoms with Gasteiger partial charge in [0.05, 0.1) is 10.7 Å². The molecular formula is C17H23BrN2O. The molecule has 114 valence electrons. The van der Waals surface area contributed by atoms with E-state index in [1.807, 2.05) is 4.68 Å². The van der Waals surface area contributed by atoms with Gasteiger partial charge in [-0.3, -0.25) is 9.48 Å². The van der Waals surface area contributed by atoms with Crippen LogP contribution in [0.15, 0.2) is 10.7 Å². The quantitative estimate of drug-likeness (QED) is 0.754. The first-order valence-corrected chi connectivity index (χ1v) is 9.00. The normalized spacial score (nSPS) is 40.7. The third-order valence-electron chi connectivity index (χ3n) is 6.14. The Bertz CT molecular complexity index is 592. The summed E-state index contributed by atoms with van der Waals surface area (Å²) in [4.78, 5) is 13.4. The van der Waals surface area contributed by atoms with Crippen LogP contribution >= 0.6 is 15.9 Å². The highest BCUT2D eigenvalue weighted by molar-refractivity contribution is 9.10. The van der Waals surface area contributed by atoms with Gasteiger partial charge < -0.3 is 0 Å². The zero-order chi connectivity index (χ0) is 14.8. The minimum atomic E-state index is -0.103. The lowest BCUT2D eigenvalue weighted by Gasteiger charge is -2.60. The number of nitrogens with zero attached hydrogens (tertiary/aromatic N) is 2. The van der Waals surface area contributed by atoms with Crippen LogP contribution in [-0.2, 0) is 6.54 Å². The van der Waals surface area contributed by atoms with E-state index in [1.165, 1.54) is 19.3 Å². The van der Waals surface area contributed by atoms with Gasteiger partial charge in [0, 0.05) is 12.0 Å². The SMILES string of the molecule is CCn1ncc(Br)c1C(=O)C12CC3CC(CC(C)(C3)C1)C2. The van der Waals surface area contributed by atoms with Crippen molar-refractivity contribution in [2.24, 2.45) is 22.7 Å². The number of Topliss-reactive ketones (excluding diaryl/α,β-unsaturated/α-hetero) is 1. The highest BCUT2D eigenvalue weighted by Crippen LogP contribution is 2.65. The average Bonchev–Trinajstić information content (AvgIpc) is 2.76. The van der Waals surface area contributed by atoms with Crippen LogP contribution in [0.3, 0.4) is 0 Å². The molecule has 4 saturated carbocycles. The van der Waals surface area contributed by atoms with Gasteiger partial charge in [0.2, 0.25) is 0 Å². The molecule has 4 aliphatic rings. The Balaban J connectivity index is 1.75. The molecule has 0 aromatic carbocycles. The van der Waals surface area contributed by atoms with Gasteiger partial charge in [0.15, 0.2) is 5.78 Å². The van der Waals surface area contributed by atoms with E-state index in [0.29, 0.717) is 11.2 Å². The van der Waals surface area contributed by atoms with Crippen molar-refractivity contribution in [3.8, 4) is 0 Å². The minimum absolute atomic E-state index is 0.103. The van der Waals surface area contributed by atoms with Crippen LogP contribution in [0.5, 0.6) is 0 Å². The molecule has 2 unspecified atom stereocenters. The van der Waals surface area contributed by atoms with Crippen LogP contribution in [0.25, 0.3) is 0 Å². The topological polar surface area (TPSA) is 34.9 Å². The Morgan fingerprint density at radius 1 is 1.38 bits per heavy atom. The van der Waals surface area contributed by atoms with Gasteiger partial charge in [0.1, 0.15) is 5.69 Å². The lowest BCUT2D eigenvalue weighted by molar-refractivity contribution is -0.0824. The summed E-state index contributed by atoms with van der Waals surface area (Å²) >= 11 is 3.55. The third-order valence-corrected chi connectivity index (χ3v) is 6.73. The molecule has 0 radical (unpaired) electrons. The van der Waals surface area contributed by atoms with Crippen LogP contribution in [-0.4, -0.2) is 15.6 Å². The molecule has 1 aromatic rings. The first kappa shape index (κ1) is 14.0. The van der Waals surface area contributed by atoms with Crippen LogP contribution in [0, 0.1) is 22.7 Å². The highest BCUT2D eigenvalue weighted by Gasteiger charge is 2.59. The fraction of sp³-hybridized carbons (Fsp3) is 0.765. The molecule has 0 saturated heterocycles. The van der Waals surface area contributed by atoms with Crippen molar-refractivity contribution >= 4 is 21.7 Å². The number of rotatable bonds is 3. The van der Waals surface area contributed by atoms with Gasteiger partial charge in [-0.2, -0.15) is 5.10 Å². The smallest absolute Gasteiger partial charge is 0.188 e. The van der Waals surface area contributed by atoms with Crippen molar-refractivity contribution in [2.75, 3.05) is 0 Å². The Labute approximate surface area is 134 Å². The molecule has 2 atom stereocenters. The van der Waals surface area contributed by atoms with E-state index >= 15 is 0 Å². The van der Waals surface area contributed by atoms with Crippen LogP contribution in [0.1, 0.15) is 62.9 Å². The van der Waals surface area contributed by atoms with E-state index in [-0.39, 0.29) is 5.41 Å². The molecule has 5 rings (SSSR count). The molecule has 1 aromatic heterocycles. The number of aryl methyl sites for hydroxylation is 1. The Morgan fingerprint density at radius 2 is 2.05 bits per heavy atom. The van der Waals surface area contributed by atoms with Crippen molar-refractivity contribution in [1.82, 2.24) is 9.78 Å². The molecule has 0 amide bonds. The van der Waals surface area contributed by atoms with Crippen molar-refractivity contribution in [3.63, 3.8) is 0 Å². The zero-order valence-corrected chi connectivity index (χ0v) is 14.4. The fourth-order valence-corrected chi connectivity index (χ4v) is 6.54. The number of halogens is 1. The van der Waals surface area contributed by atoms with Crippen molar-refractivity contribution in [1.29, 1.82) is 0 Å². The van der Waals surface area contributed by atoms with E-state index in [2.05, 4.69) is 34.9 Å². The summed E-state index contributed by atoms with van der Waals surface area (Å²) in [6, 6.07) is 0. The minimum Gasteiger partial charge on any atom is -0.292 e. The fourth-order valence-electron chi connectivity index (χ4n) is 6.07. The molecule has 4 bridgehead atoms. The number of carbonyl (C=O) groups is 1. The second-order valence-corrected chi connectivity index (χ2v) is 8.89. The molecule has 4 aliphatic carbocycles. The van der Waals surface area contributed by atoms with Gasteiger partial charge >= 0.3 is 0 Å². The standard InChI is InChI=1S/C17H23BrN2O/c1-3-20-14(13(18)9-19-20)15(21)17-7-11-4-12(8-17)6-16(2,5-11)10-17/h9,11-12H,3-8,10H2,1-2H3. The van der Waals surface area contributed by atoms with Crippen LogP contribution in [0.4, 0.5) is 0 Å². The Morgan fingerprint density at radius 3 is 2.62 bits per heavy atom. The number of ketones is 1. The molecule has 4 fully saturated rings. The molecule has 21 heavy (non-hydrogen) atoms. The Hall–Kier alpha value is -0.640. The lowest BCUT2D eigenvalue weighted by Crippen LogP contribution is -2.54. The molecule has 4 heteroatoms. The van der Waals surface area contributed by atoms with Gasteiger partial charge in [-0.1, -0.05) is 6.92 Å². The summed E-state index contributed by atoms with van der Waals surface area (Å²) in [6.45, 7) is 5.22. The number of hydrogen-bond acceptors (Lipinski definition) is 2. The summed E-state index contributed by atoms with van der Waals surface area (Å²) in [5.74, 6) is 1.91. The Kier molecular flexibility index (Phi) is 2.95. The van der Waals surface area contributed by atoms with Gasteiger partial charge in [-0.25, -0.2) is 0 Å². The first-order valence-electron chi connectivity index (χ1n) is 8.21. The highest BCUT2D eigenvalue weighted by atomic mass is 79.9. The summed E-state index contributed by atoms with van der Waals surface area (Å²) in [7, 11) is 0. The summed E-state index contributed by atoms with van der Waals surface area (Å²) in [6.07, 6.45) is 9.13.